The minimum Gasteiger partial charge on any atom is -0.481 e. The molecule has 10 nitrogen and oxygen atoms in total. The molecular formula is C49H86O10Si4. The Morgan fingerprint density at radius 2 is 1.16 bits per heavy atom. The minimum absolute atomic E-state index is 0.0350. The molecule has 5 aliphatic rings. The Balaban J connectivity index is 1.38. The van der Waals surface area contributed by atoms with Crippen molar-refractivity contribution in [3.63, 3.8) is 0 Å². The summed E-state index contributed by atoms with van der Waals surface area (Å²) in [4.78, 5) is 0. The third-order valence-electron chi connectivity index (χ3n) is 16.4. The molecule has 11 atom stereocenters. The maximum absolute atomic E-state index is 7.71. The monoisotopic (exact) mass is 947 g/mol. The number of hydrogen-bond acceptors (Lipinski definition) is 10. The lowest BCUT2D eigenvalue weighted by atomic mass is 9.83. The molecule has 1 aromatic rings. The molecule has 3 fully saturated rings. The molecule has 5 aliphatic heterocycles. The molecule has 0 spiro atoms. The Hall–Kier alpha value is -1.15. The van der Waals surface area contributed by atoms with Gasteiger partial charge in [0, 0.05) is 12.0 Å². The first-order valence-corrected chi connectivity index (χ1v) is 35.4. The molecule has 14 heteroatoms. The number of ether oxygens (including phenoxy) is 6. The summed E-state index contributed by atoms with van der Waals surface area (Å²) in [6.45, 7) is 43.8. The first kappa shape index (κ1) is 51.2. The Morgan fingerprint density at radius 1 is 0.619 bits per heavy atom. The summed E-state index contributed by atoms with van der Waals surface area (Å²) >= 11 is 0. The Morgan fingerprint density at radius 3 is 1.71 bits per heavy atom. The highest BCUT2D eigenvalue weighted by Gasteiger charge is 2.62. The van der Waals surface area contributed by atoms with Crippen LogP contribution in [0.5, 0.6) is 0 Å². The van der Waals surface area contributed by atoms with Gasteiger partial charge >= 0.3 is 0 Å². The molecule has 0 aliphatic carbocycles. The number of fused-ring (bicyclic) bond motifs is 3. The second-order valence-electron chi connectivity index (χ2n) is 23.8. The second-order valence-corrected chi connectivity index (χ2v) is 42.8. The van der Waals surface area contributed by atoms with E-state index in [4.69, 9.17) is 46.1 Å². The van der Waals surface area contributed by atoms with E-state index in [1.165, 1.54) is 0 Å². The second kappa shape index (κ2) is 18.4. The summed E-state index contributed by atoms with van der Waals surface area (Å²) < 4.78 is 71.8. The predicted octanol–water partition coefficient (Wildman–Crippen LogP) is 12.5. The molecule has 0 bridgehead atoms. The zero-order valence-corrected chi connectivity index (χ0v) is 46.6. The van der Waals surface area contributed by atoms with Crippen LogP contribution >= 0.6 is 0 Å². The highest BCUT2D eigenvalue weighted by molar-refractivity contribution is 6.75. The van der Waals surface area contributed by atoms with Gasteiger partial charge in [0.15, 0.2) is 69.6 Å². The standard InChI is InChI=1S/C49H86O10Si4/c1-20-63(21-2,22-3)58-41-42(57-61(16,17)47(7,8)9)45(59-62(18,19)48(10,11)12)55-49(13)31-30-35(53-43(41)49)34-28-29-36-38(52-34)40(56-60(14,15)46(4,5)6)39-37(51-36)32-50-44(54-39)33-26-24-23-25-27-33/h23-28,30,36-45H,20-22,29,31-32H2,1-19H3/t36-,37-,38+,39-,40-,41+,42-,43+,44-,45+,49-/m1/s1. The fraction of sp³-hybridized carbons (Fsp3) is 0.796. The van der Waals surface area contributed by atoms with Crippen molar-refractivity contribution in [1.82, 2.24) is 0 Å². The SMILES string of the molecule is CC[Si](CC)(CC)O[C@H]1[C@@H](O[Si](C)(C)C(C)(C)C)[C@H](O[Si](C)(C)C(C)(C)C)O[C@]2(C)CC=C(C3=CC[C@H]4O[C@@H]5CO[C@@H](c6ccccc6)O[C@H]5[C@H](O[Si](C)(C)C(C)(C)C)[C@H]4O3)O[C@@H]12. The lowest BCUT2D eigenvalue weighted by Gasteiger charge is -2.57. The highest BCUT2D eigenvalue weighted by atomic mass is 28.4. The third-order valence-corrected chi connectivity index (χ3v) is 34.4. The largest absolute Gasteiger partial charge is 0.481 e. The first-order valence-electron chi connectivity index (χ1n) is 24.1. The van der Waals surface area contributed by atoms with Crippen molar-refractivity contribution in [2.24, 2.45) is 0 Å². The minimum atomic E-state index is -2.40. The lowest BCUT2D eigenvalue weighted by Crippen LogP contribution is -2.71. The van der Waals surface area contributed by atoms with Gasteiger partial charge in [-0.15, -0.1) is 0 Å². The molecule has 0 N–H and O–H groups in total. The van der Waals surface area contributed by atoms with Crippen molar-refractivity contribution in [1.29, 1.82) is 0 Å². The van der Waals surface area contributed by atoms with Gasteiger partial charge in [0.25, 0.3) is 0 Å². The van der Waals surface area contributed by atoms with E-state index in [-0.39, 0.29) is 27.3 Å². The first-order chi connectivity index (χ1) is 29.0. The van der Waals surface area contributed by atoms with E-state index < -0.39 is 88.1 Å². The van der Waals surface area contributed by atoms with E-state index in [1.807, 2.05) is 30.3 Å². The van der Waals surface area contributed by atoms with Crippen LogP contribution in [0.2, 0.25) is 72.5 Å². The molecule has 358 valence electrons. The quantitative estimate of drug-likeness (QED) is 0.178. The summed E-state index contributed by atoms with van der Waals surface area (Å²) in [7, 11) is -9.32. The normalized spacial score (nSPS) is 33.5. The molecule has 0 saturated carbocycles. The van der Waals surface area contributed by atoms with Crippen LogP contribution < -0.4 is 0 Å². The molecule has 5 heterocycles. The van der Waals surface area contributed by atoms with Crippen molar-refractivity contribution in [3.8, 4) is 0 Å². The van der Waals surface area contributed by atoms with E-state index in [0.29, 0.717) is 31.0 Å². The molecule has 0 aromatic heterocycles. The number of benzene rings is 1. The van der Waals surface area contributed by atoms with Gasteiger partial charge in [-0.1, -0.05) is 113 Å². The average Bonchev–Trinajstić information content (AvgIpc) is 3.19. The summed E-state index contributed by atoms with van der Waals surface area (Å²) in [5.74, 6) is 1.39. The van der Waals surface area contributed by atoms with Crippen LogP contribution in [0.1, 0.15) is 115 Å². The summed E-state index contributed by atoms with van der Waals surface area (Å²) in [5.41, 5.74) is 0.220. The topological polar surface area (TPSA) is 92.3 Å². The maximum Gasteiger partial charge on any atom is 0.195 e. The van der Waals surface area contributed by atoms with E-state index in [0.717, 1.165) is 23.7 Å². The van der Waals surface area contributed by atoms with E-state index >= 15 is 0 Å². The van der Waals surface area contributed by atoms with Gasteiger partial charge in [0.2, 0.25) is 0 Å². The Bertz CT molecular complexity index is 1770. The van der Waals surface area contributed by atoms with Crippen LogP contribution in [0.4, 0.5) is 0 Å². The van der Waals surface area contributed by atoms with Gasteiger partial charge in [-0.05, 0) is 98.0 Å². The average molecular weight is 948 g/mol. The van der Waals surface area contributed by atoms with Crippen LogP contribution in [0, 0.1) is 0 Å². The van der Waals surface area contributed by atoms with Gasteiger partial charge in [0.1, 0.15) is 42.2 Å². The number of rotatable bonds is 13. The molecule has 63 heavy (non-hydrogen) atoms. The fourth-order valence-electron chi connectivity index (χ4n) is 8.68. The summed E-state index contributed by atoms with van der Waals surface area (Å²) in [6, 6.07) is 13.1. The van der Waals surface area contributed by atoms with Crippen molar-refractivity contribution in [2.45, 2.75) is 242 Å². The van der Waals surface area contributed by atoms with Gasteiger partial charge < -0.3 is 46.1 Å². The Labute approximate surface area is 386 Å². The van der Waals surface area contributed by atoms with Crippen LogP contribution in [-0.2, 0) is 46.1 Å². The maximum atomic E-state index is 7.71. The van der Waals surface area contributed by atoms with Crippen molar-refractivity contribution in [3.05, 3.63) is 59.6 Å². The molecule has 0 amide bonds. The zero-order valence-electron chi connectivity index (χ0n) is 42.6. The van der Waals surface area contributed by atoms with Gasteiger partial charge in [-0.3, -0.25) is 0 Å². The van der Waals surface area contributed by atoms with Crippen LogP contribution in [0.25, 0.3) is 0 Å². The molecular weight excluding hydrogens is 861 g/mol. The molecule has 0 radical (unpaired) electrons. The van der Waals surface area contributed by atoms with Crippen LogP contribution in [0.3, 0.4) is 0 Å². The van der Waals surface area contributed by atoms with Gasteiger partial charge in [-0.25, -0.2) is 0 Å². The van der Waals surface area contributed by atoms with E-state index in [9.17, 15) is 0 Å². The lowest BCUT2D eigenvalue weighted by molar-refractivity contribution is -0.329. The van der Waals surface area contributed by atoms with Crippen molar-refractivity contribution in [2.75, 3.05) is 6.61 Å². The molecule has 3 saturated heterocycles. The highest BCUT2D eigenvalue weighted by Crippen LogP contribution is 2.51. The Kier molecular flexibility index (Phi) is 15.0. The van der Waals surface area contributed by atoms with Gasteiger partial charge in [-0.2, -0.15) is 0 Å². The van der Waals surface area contributed by atoms with Crippen LogP contribution in [0.15, 0.2) is 54.0 Å². The van der Waals surface area contributed by atoms with Crippen molar-refractivity contribution < 1.29 is 46.1 Å². The predicted molar refractivity (Wildman–Crippen MR) is 262 cm³/mol. The smallest absolute Gasteiger partial charge is 0.195 e. The molecule has 1 aromatic carbocycles. The fourth-order valence-corrected chi connectivity index (χ4v) is 15.2. The van der Waals surface area contributed by atoms with Crippen LogP contribution in [-0.4, -0.2) is 101 Å². The number of hydrogen-bond donors (Lipinski definition) is 0. The summed E-state index contributed by atoms with van der Waals surface area (Å²) in [6.07, 6.45) is 1.21. The molecule has 0 unspecified atom stereocenters. The van der Waals surface area contributed by atoms with Gasteiger partial charge in [0.05, 0.1) is 6.61 Å². The van der Waals surface area contributed by atoms with Crippen molar-refractivity contribution >= 4 is 33.3 Å². The van der Waals surface area contributed by atoms with E-state index in [2.05, 4.69) is 141 Å². The molecule has 6 rings (SSSR count). The third kappa shape index (κ3) is 10.5. The van der Waals surface area contributed by atoms with E-state index in [1.54, 1.807) is 0 Å². The summed E-state index contributed by atoms with van der Waals surface area (Å²) in [5, 5.41) is -0.122. The zero-order chi connectivity index (χ0) is 46.8.